The summed E-state index contributed by atoms with van der Waals surface area (Å²) in [4.78, 5) is 75.7. The lowest BCUT2D eigenvalue weighted by Crippen LogP contribution is -2.71. The number of aromatic carboxylic acids is 1. The molecule has 4 N–H and O–H groups in total. The minimum absolute atomic E-state index is 0.0525. The molecule has 3 aliphatic rings. The Kier molecular flexibility index (Phi) is 8.89. The van der Waals surface area contributed by atoms with E-state index < -0.39 is 35.2 Å². The molecule has 1 unspecified atom stereocenters. The van der Waals surface area contributed by atoms with Gasteiger partial charge in [0.05, 0.1) is 10.6 Å². The van der Waals surface area contributed by atoms with Gasteiger partial charge in [0, 0.05) is 29.5 Å². The Morgan fingerprint density at radius 3 is 2.83 bits per heavy atom. The van der Waals surface area contributed by atoms with Crippen LogP contribution in [0.4, 0.5) is 5.13 Å². The lowest BCUT2D eigenvalue weighted by Gasteiger charge is -2.49. The first kappa shape index (κ1) is 29.3. The van der Waals surface area contributed by atoms with Crippen LogP contribution in [0.5, 0.6) is 0 Å². The second-order valence-electron chi connectivity index (χ2n) is 8.99. The topological polar surface area (TPSA) is 200 Å². The highest BCUT2D eigenvalue weighted by atomic mass is 32.2. The van der Waals surface area contributed by atoms with Gasteiger partial charge in [0.25, 0.3) is 11.8 Å². The highest BCUT2D eigenvalue weighted by molar-refractivity contribution is 8.01. The van der Waals surface area contributed by atoms with E-state index in [2.05, 4.69) is 25.8 Å². The van der Waals surface area contributed by atoms with Gasteiger partial charge in [-0.05, 0) is 36.6 Å². The summed E-state index contributed by atoms with van der Waals surface area (Å²) in [7, 11) is 0. The number of hydrogen-bond acceptors (Lipinski definition) is 12. The van der Waals surface area contributed by atoms with E-state index in [0.29, 0.717) is 29.2 Å². The summed E-state index contributed by atoms with van der Waals surface area (Å²) in [5.41, 5.74) is 0.272. The number of nitrogens with zero attached hydrogens (tertiary/aromatic N) is 4. The smallest absolute Gasteiger partial charge is 0.352 e. The van der Waals surface area contributed by atoms with Crippen molar-refractivity contribution in [1.82, 2.24) is 20.2 Å². The van der Waals surface area contributed by atoms with Crippen LogP contribution in [0.25, 0.3) is 0 Å². The monoisotopic (exact) mass is 630 g/mol. The van der Waals surface area contributed by atoms with Crippen LogP contribution in [-0.2, 0) is 24.0 Å². The number of pyridine rings is 1. The van der Waals surface area contributed by atoms with Gasteiger partial charge in [-0.1, -0.05) is 5.16 Å². The van der Waals surface area contributed by atoms with Crippen molar-refractivity contribution in [2.45, 2.75) is 35.7 Å². The number of β-lactam (4-membered cyclic amide) rings is 1. The van der Waals surface area contributed by atoms with Gasteiger partial charge in [-0.25, -0.2) is 19.6 Å². The summed E-state index contributed by atoms with van der Waals surface area (Å²) in [6, 6.07) is 1.72. The van der Waals surface area contributed by atoms with Gasteiger partial charge in [-0.3, -0.25) is 19.3 Å². The van der Waals surface area contributed by atoms with Crippen molar-refractivity contribution in [3.05, 3.63) is 58.1 Å². The molecule has 2 aromatic heterocycles. The Morgan fingerprint density at radius 1 is 1.29 bits per heavy atom. The maximum atomic E-state index is 13.3. The number of aliphatic carboxylic acids is 1. The number of carboxylic acids is 2. The van der Waals surface area contributed by atoms with Gasteiger partial charge in [0.1, 0.15) is 28.6 Å². The number of rotatable bonds is 12. The van der Waals surface area contributed by atoms with Crippen molar-refractivity contribution >= 4 is 75.9 Å². The SMILES string of the molecule is O=CNc1nc(/C(=N/OC2=CCCC2)C(=O)NC2C(=O)N3C(C(=O)O)=C(CSc4cc(C(=O)O)ccn4)CS[C@H]23)cs1. The van der Waals surface area contributed by atoms with Crippen molar-refractivity contribution in [3.63, 3.8) is 0 Å². The van der Waals surface area contributed by atoms with E-state index >= 15 is 0 Å². The summed E-state index contributed by atoms with van der Waals surface area (Å²) >= 11 is 3.52. The van der Waals surface area contributed by atoms with Crippen LogP contribution in [0.15, 0.2) is 57.0 Å². The van der Waals surface area contributed by atoms with Crippen molar-refractivity contribution in [1.29, 1.82) is 0 Å². The number of anilines is 1. The van der Waals surface area contributed by atoms with E-state index in [4.69, 9.17) is 4.84 Å². The normalized spacial score (nSPS) is 19.9. The minimum atomic E-state index is -1.29. The third-order valence-corrected chi connectivity index (χ3v) is 9.44. The predicted octanol–water partition coefficient (Wildman–Crippen LogP) is 2.12. The second kappa shape index (κ2) is 12.7. The summed E-state index contributed by atoms with van der Waals surface area (Å²) < 4.78 is 0. The molecule has 2 atom stereocenters. The second-order valence-corrected chi connectivity index (χ2v) is 11.9. The number of carbonyl (C=O) groups is 5. The van der Waals surface area contributed by atoms with Crippen LogP contribution in [0.2, 0.25) is 0 Å². The largest absolute Gasteiger partial charge is 0.478 e. The molecule has 2 aliphatic heterocycles. The Balaban J connectivity index is 1.31. The van der Waals surface area contributed by atoms with Crippen LogP contribution in [0.3, 0.4) is 0 Å². The van der Waals surface area contributed by atoms with E-state index in [1.165, 1.54) is 35.5 Å². The summed E-state index contributed by atoms with van der Waals surface area (Å²) in [6.07, 6.45) is 6.05. The van der Waals surface area contributed by atoms with Gasteiger partial charge in [-0.15, -0.1) is 34.9 Å². The number of aromatic nitrogens is 2. The first-order chi connectivity index (χ1) is 20.3. The van der Waals surface area contributed by atoms with E-state index in [0.717, 1.165) is 40.8 Å². The zero-order valence-electron chi connectivity index (χ0n) is 21.5. The van der Waals surface area contributed by atoms with Crippen LogP contribution >= 0.6 is 34.9 Å². The zero-order chi connectivity index (χ0) is 29.8. The number of carbonyl (C=O) groups excluding carboxylic acids is 3. The first-order valence-corrected chi connectivity index (χ1v) is 15.3. The zero-order valence-corrected chi connectivity index (χ0v) is 24.0. The number of fused-ring (bicyclic) bond motifs is 1. The Hall–Kier alpha value is -4.22. The third-order valence-electron chi connectivity index (χ3n) is 6.31. The third kappa shape index (κ3) is 6.17. The van der Waals surface area contributed by atoms with Gasteiger partial charge in [0.2, 0.25) is 6.41 Å². The molecule has 0 aromatic carbocycles. The number of thiazole rings is 1. The molecule has 3 amide bonds. The fourth-order valence-corrected chi connectivity index (χ4v) is 7.36. The van der Waals surface area contributed by atoms with Crippen molar-refractivity contribution in [3.8, 4) is 0 Å². The molecular weight excluding hydrogens is 609 g/mol. The average Bonchev–Trinajstić information content (AvgIpc) is 3.67. The quantitative estimate of drug-likeness (QED) is 0.0877. The predicted molar refractivity (Wildman–Crippen MR) is 153 cm³/mol. The number of amides is 3. The molecule has 1 fully saturated rings. The van der Waals surface area contributed by atoms with E-state index in [1.807, 2.05) is 6.08 Å². The van der Waals surface area contributed by atoms with E-state index in [9.17, 15) is 34.2 Å². The van der Waals surface area contributed by atoms with Crippen LogP contribution < -0.4 is 10.6 Å². The molecule has 14 nitrogen and oxygen atoms in total. The maximum Gasteiger partial charge on any atom is 0.352 e. The van der Waals surface area contributed by atoms with Crippen LogP contribution in [0.1, 0.15) is 35.3 Å². The molecule has 218 valence electrons. The molecule has 1 aliphatic carbocycles. The van der Waals surface area contributed by atoms with Crippen LogP contribution in [-0.4, -0.2) is 83.9 Å². The van der Waals surface area contributed by atoms with Gasteiger partial charge in [0.15, 0.2) is 10.8 Å². The minimum Gasteiger partial charge on any atom is -0.478 e. The Labute approximate surface area is 250 Å². The molecule has 42 heavy (non-hydrogen) atoms. The Morgan fingerprint density at radius 2 is 2.12 bits per heavy atom. The highest BCUT2D eigenvalue weighted by Crippen LogP contribution is 2.41. The van der Waals surface area contributed by atoms with E-state index in [1.54, 1.807) is 0 Å². The fourth-order valence-electron chi connectivity index (χ4n) is 4.32. The molecule has 2 aromatic rings. The average molecular weight is 631 g/mol. The molecule has 17 heteroatoms. The molecule has 1 saturated heterocycles. The number of carboxylic acid groups (broad SMARTS) is 2. The standard InChI is InChI=1S/C25H22N6O8S3/c32-11-27-25-28-15(10-42-25)17(30-39-14-3-1-2-4-14)20(33)29-18-21(34)31-19(24(37)38)13(9-41-22(18)31)8-40-16-7-12(23(35)36)5-6-26-16/h3,5-7,10-11,18,22H,1-2,4,8-9H2,(H,29,33)(H,35,36)(H,37,38)(H,27,28,32)/b30-17-/t18?,22-/m1/s1. The van der Waals surface area contributed by atoms with Crippen molar-refractivity contribution in [2.75, 3.05) is 16.8 Å². The lowest BCUT2D eigenvalue weighted by molar-refractivity contribution is -0.150. The molecule has 4 heterocycles. The first-order valence-electron chi connectivity index (χ1n) is 12.4. The van der Waals surface area contributed by atoms with Gasteiger partial charge < -0.3 is 25.7 Å². The highest BCUT2D eigenvalue weighted by Gasteiger charge is 2.54. The van der Waals surface area contributed by atoms with Crippen molar-refractivity contribution in [2.24, 2.45) is 5.16 Å². The van der Waals surface area contributed by atoms with Gasteiger partial charge >= 0.3 is 11.9 Å². The number of thioether (sulfide) groups is 2. The summed E-state index contributed by atoms with van der Waals surface area (Å²) in [6.45, 7) is 0. The van der Waals surface area contributed by atoms with Crippen LogP contribution in [0, 0.1) is 0 Å². The summed E-state index contributed by atoms with van der Waals surface area (Å²) in [5, 5.41) is 29.7. The van der Waals surface area contributed by atoms with Gasteiger partial charge in [-0.2, -0.15) is 0 Å². The molecule has 5 rings (SSSR count). The number of hydrogen-bond donors (Lipinski definition) is 4. The molecule has 0 saturated carbocycles. The molecule has 0 spiro atoms. The maximum absolute atomic E-state index is 13.3. The number of allylic oxidation sites excluding steroid dienone is 2. The summed E-state index contributed by atoms with van der Waals surface area (Å²) in [5.74, 6) is -2.72. The number of nitrogens with one attached hydrogen (secondary N) is 2. The number of oxime groups is 1. The lowest BCUT2D eigenvalue weighted by atomic mass is 10.0. The Bertz CT molecular complexity index is 1550. The van der Waals surface area contributed by atoms with Crippen molar-refractivity contribution < 1.29 is 39.0 Å². The van der Waals surface area contributed by atoms with E-state index in [-0.39, 0.29) is 39.3 Å². The fraction of sp³-hybridized carbons (Fsp3) is 0.280. The molecule has 0 bridgehead atoms. The molecular formula is C25H22N6O8S3. The molecule has 0 radical (unpaired) electrons.